The highest BCUT2D eigenvalue weighted by Gasteiger charge is 2.15. The second-order valence-corrected chi connectivity index (χ2v) is 5.46. The van der Waals surface area contributed by atoms with Crippen molar-refractivity contribution in [2.24, 2.45) is 5.92 Å². The van der Waals surface area contributed by atoms with Crippen LogP contribution in [0.4, 0.5) is 5.69 Å². The fraction of sp³-hybridized carbons (Fsp3) is 0.389. The molecule has 0 bridgehead atoms. The van der Waals surface area contributed by atoms with E-state index in [1.807, 2.05) is 25.3 Å². The van der Waals surface area contributed by atoms with Crippen LogP contribution < -0.4 is 10.1 Å². The third-order valence-electron chi connectivity index (χ3n) is 3.59. The lowest BCUT2D eigenvalue weighted by Crippen LogP contribution is -2.17. The Morgan fingerprint density at radius 2 is 1.86 bits per heavy atom. The van der Waals surface area contributed by atoms with Crippen LogP contribution >= 0.6 is 0 Å². The number of rotatable bonds is 7. The molecule has 2 aromatic rings. The zero-order chi connectivity index (χ0) is 15.1. The fourth-order valence-corrected chi connectivity index (χ4v) is 2.38. The molecule has 0 amide bonds. The highest BCUT2D eigenvalue weighted by Crippen LogP contribution is 2.25. The average Bonchev–Trinajstić information content (AvgIpc) is 2.50. The maximum atomic E-state index is 5.36. The van der Waals surface area contributed by atoms with Gasteiger partial charge in [-0.25, -0.2) is 4.98 Å². The summed E-state index contributed by atoms with van der Waals surface area (Å²) < 4.78 is 5.36. The van der Waals surface area contributed by atoms with Gasteiger partial charge in [0.15, 0.2) is 0 Å². The van der Waals surface area contributed by atoms with E-state index in [4.69, 9.17) is 4.74 Å². The lowest BCUT2D eigenvalue weighted by Gasteiger charge is -2.22. The van der Waals surface area contributed by atoms with Crippen LogP contribution in [-0.2, 0) is 0 Å². The van der Waals surface area contributed by atoms with E-state index < -0.39 is 0 Å². The third kappa shape index (κ3) is 4.48. The summed E-state index contributed by atoms with van der Waals surface area (Å²) in [4.78, 5) is 4.28. The Kier molecular flexibility index (Phi) is 5.61. The van der Waals surface area contributed by atoms with Crippen molar-refractivity contribution < 1.29 is 4.74 Å². The molecule has 3 nitrogen and oxygen atoms in total. The average molecular weight is 284 g/mol. The summed E-state index contributed by atoms with van der Waals surface area (Å²) in [7, 11) is 0. The standard InChI is InChI=1S/C18H24N2O/c1-4-21-18-11-10-16(12-20-18)19-13-17(14(2)3)15-8-6-5-7-9-15/h5-12,14,17,19H,4,13H2,1-3H3. The summed E-state index contributed by atoms with van der Waals surface area (Å²) >= 11 is 0. The van der Waals surface area contributed by atoms with E-state index in [0.717, 1.165) is 12.2 Å². The summed E-state index contributed by atoms with van der Waals surface area (Å²) in [5.41, 5.74) is 2.40. The third-order valence-corrected chi connectivity index (χ3v) is 3.59. The first-order valence-electron chi connectivity index (χ1n) is 7.58. The molecule has 1 unspecified atom stereocenters. The van der Waals surface area contributed by atoms with Crippen molar-refractivity contribution in [2.75, 3.05) is 18.5 Å². The summed E-state index contributed by atoms with van der Waals surface area (Å²) in [6.45, 7) is 8.02. The van der Waals surface area contributed by atoms with Gasteiger partial charge in [0, 0.05) is 18.5 Å². The number of hydrogen-bond acceptors (Lipinski definition) is 3. The Hall–Kier alpha value is -2.03. The molecular weight excluding hydrogens is 260 g/mol. The predicted molar refractivity (Wildman–Crippen MR) is 87.9 cm³/mol. The number of nitrogens with one attached hydrogen (secondary N) is 1. The van der Waals surface area contributed by atoms with Gasteiger partial charge in [-0.15, -0.1) is 0 Å². The quantitative estimate of drug-likeness (QED) is 0.821. The van der Waals surface area contributed by atoms with Gasteiger partial charge in [-0.3, -0.25) is 0 Å². The van der Waals surface area contributed by atoms with Crippen molar-refractivity contribution in [3.63, 3.8) is 0 Å². The molecule has 0 spiro atoms. The van der Waals surface area contributed by atoms with E-state index in [1.54, 1.807) is 0 Å². The van der Waals surface area contributed by atoms with Gasteiger partial charge in [0.05, 0.1) is 18.5 Å². The maximum Gasteiger partial charge on any atom is 0.213 e. The molecule has 112 valence electrons. The van der Waals surface area contributed by atoms with Crippen LogP contribution in [0, 0.1) is 5.92 Å². The summed E-state index contributed by atoms with van der Waals surface area (Å²) in [5.74, 6) is 1.74. The molecule has 1 heterocycles. The van der Waals surface area contributed by atoms with Crippen molar-refractivity contribution in [1.82, 2.24) is 4.98 Å². The molecule has 0 saturated heterocycles. The molecule has 1 N–H and O–H groups in total. The van der Waals surface area contributed by atoms with Gasteiger partial charge >= 0.3 is 0 Å². The molecule has 0 fully saturated rings. The van der Waals surface area contributed by atoms with Crippen LogP contribution in [-0.4, -0.2) is 18.1 Å². The molecule has 3 heteroatoms. The van der Waals surface area contributed by atoms with Crippen LogP contribution in [0.5, 0.6) is 5.88 Å². The van der Waals surface area contributed by atoms with Crippen molar-refractivity contribution in [1.29, 1.82) is 0 Å². The molecule has 0 aliphatic heterocycles. The number of benzene rings is 1. The van der Waals surface area contributed by atoms with Crippen molar-refractivity contribution >= 4 is 5.69 Å². The van der Waals surface area contributed by atoms with E-state index in [9.17, 15) is 0 Å². The summed E-state index contributed by atoms with van der Waals surface area (Å²) in [5, 5.41) is 3.48. The molecular formula is C18H24N2O. The van der Waals surface area contributed by atoms with Gasteiger partial charge in [0.1, 0.15) is 0 Å². The fourth-order valence-electron chi connectivity index (χ4n) is 2.38. The Morgan fingerprint density at radius 1 is 1.10 bits per heavy atom. The Labute approximate surface area is 127 Å². The monoisotopic (exact) mass is 284 g/mol. The van der Waals surface area contributed by atoms with Crippen molar-refractivity contribution in [2.45, 2.75) is 26.7 Å². The highest BCUT2D eigenvalue weighted by molar-refractivity contribution is 5.42. The van der Waals surface area contributed by atoms with E-state index in [1.165, 1.54) is 5.56 Å². The van der Waals surface area contributed by atoms with Crippen LogP contribution in [0.15, 0.2) is 48.7 Å². The lowest BCUT2D eigenvalue weighted by molar-refractivity contribution is 0.327. The van der Waals surface area contributed by atoms with Crippen LogP contribution in [0.3, 0.4) is 0 Å². The number of nitrogens with zero attached hydrogens (tertiary/aromatic N) is 1. The molecule has 1 aromatic heterocycles. The number of anilines is 1. The van der Waals surface area contributed by atoms with E-state index in [-0.39, 0.29) is 0 Å². The van der Waals surface area contributed by atoms with Gasteiger partial charge in [-0.2, -0.15) is 0 Å². The summed E-state index contributed by atoms with van der Waals surface area (Å²) in [6, 6.07) is 14.6. The number of ether oxygens (including phenoxy) is 1. The van der Waals surface area contributed by atoms with Gasteiger partial charge in [-0.1, -0.05) is 44.2 Å². The summed E-state index contributed by atoms with van der Waals surface area (Å²) in [6.07, 6.45) is 1.83. The van der Waals surface area contributed by atoms with E-state index >= 15 is 0 Å². The smallest absolute Gasteiger partial charge is 0.213 e. The Morgan fingerprint density at radius 3 is 2.43 bits per heavy atom. The molecule has 1 aromatic carbocycles. The minimum absolute atomic E-state index is 0.484. The van der Waals surface area contributed by atoms with Crippen molar-refractivity contribution in [3.8, 4) is 5.88 Å². The Bertz CT molecular complexity index is 523. The van der Waals surface area contributed by atoms with E-state index in [0.29, 0.717) is 24.3 Å². The zero-order valence-electron chi connectivity index (χ0n) is 13.0. The van der Waals surface area contributed by atoms with Crippen LogP contribution in [0.25, 0.3) is 0 Å². The van der Waals surface area contributed by atoms with Crippen molar-refractivity contribution in [3.05, 3.63) is 54.2 Å². The second kappa shape index (κ2) is 7.67. The molecule has 21 heavy (non-hydrogen) atoms. The first kappa shape index (κ1) is 15.4. The normalized spacial score (nSPS) is 12.2. The molecule has 1 atom stereocenters. The topological polar surface area (TPSA) is 34.1 Å². The minimum Gasteiger partial charge on any atom is -0.478 e. The van der Waals surface area contributed by atoms with Gasteiger partial charge in [0.25, 0.3) is 0 Å². The van der Waals surface area contributed by atoms with Gasteiger partial charge < -0.3 is 10.1 Å². The number of aromatic nitrogens is 1. The maximum absolute atomic E-state index is 5.36. The second-order valence-electron chi connectivity index (χ2n) is 5.46. The van der Waals surface area contributed by atoms with Gasteiger partial charge in [-0.05, 0) is 24.5 Å². The minimum atomic E-state index is 0.484. The van der Waals surface area contributed by atoms with Crippen LogP contribution in [0.1, 0.15) is 32.3 Å². The number of hydrogen-bond donors (Lipinski definition) is 1. The highest BCUT2D eigenvalue weighted by atomic mass is 16.5. The molecule has 2 rings (SSSR count). The molecule has 0 radical (unpaired) electrons. The Balaban J connectivity index is 1.99. The molecule has 0 aliphatic carbocycles. The molecule has 0 aliphatic rings. The zero-order valence-corrected chi connectivity index (χ0v) is 13.0. The van der Waals surface area contributed by atoms with E-state index in [2.05, 4.69) is 54.5 Å². The first-order chi connectivity index (χ1) is 10.2. The largest absolute Gasteiger partial charge is 0.478 e. The lowest BCUT2D eigenvalue weighted by atomic mass is 9.88. The first-order valence-corrected chi connectivity index (χ1v) is 7.58. The number of pyridine rings is 1. The van der Waals surface area contributed by atoms with Crippen LogP contribution in [0.2, 0.25) is 0 Å². The predicted octanol–water partition coefficient (Wildman–Crippen LogP) is 4.33. The van der Waals surface area contributed by atoms with Gasteiger partial charge in [0.2, 0.25) is 5.88 Å². The SMILES string of the molecule is CCOc1ccc(NCC(c2ccccc2)C(C)C)cn1. The molecule has 0 saturated carbocycles.